The highest BCUT2D eigenvalue weighted by Crippen LogP contribution is 2.86. The number of para-hydroxylation sites is 1. The van der Waals surface area contributed by atoms with Crippen LogP contribution in [0.1, 0.15) is 38.2 Å². The van der Waals surface area contributed by atoms with Gasteiger partial charge in [-0.15, -0.1) is 23.5 Å². The van der Waals surface area contributed by atoms with Crippen molar-refractivity contribution in [2.75, 3.05) is 18.6 Å². The van der Waals surface area contributed by atoms with Gasteiger partial charge in [0.05, 0.1) is 19.2 Å². The Balaban J connectivity index is 2.20. The number of thioether (sulfide) groups is 2. The molecule has 3 atom stereocenters. The lowest BCUT2D eigenvalue weighted by Gasteiger charge is -2.32. The van der Waals surface area contributed by atoms with Crippen molar-refractivity contribution < 1.29 is 4.74 Å². The maximum absolute atomic E-state index is 10.4. The number of ether oxygens (including phenoxy) is 1. The normalized spacial score (nSPS) is 30.0. The minimum atomic E-state index is -1.10. The smallest absolute Gasteiger partial charge is 0.175 e. The van der Waals surface area contributed by atoms with Crippen LogP contribution in [0, 0.1) is 33.5 Å². The van der Waals surface area contributed by atoms with Gasteiger partial charge in [0.2, 0.25) is 0 Å². The topological polar surface area (TPSA) is 95.2 Å². The molecule has 2 N–H and O–H groups in total. The molecule has 7 heteroatoms. The Morgan fingerprint density at radius 3 is 2.30 bits per heavy atom. The zero-order valence-electron chi connectivity index (χ0n) is 15.9. The summed E-state index contributed by atoms with van der Waals surface area (Å²) in [5.41, 5.74) is 5.14. The third kappa shape index (κ3) is 2.41. The second kappa shape index (κ2) is 7.30. The summed E-state index contributed by atoms with van der Waals surface area (Å²) in [4.78, 5) is 4.78. The average Bonchev–Trinajstić information content (AvgIpc) is 3.28. The molecule has 1 heterocycles. The Kier molecular flexibility index (Phi) is 5.38. The molecule has 1 aromatic rings. The predicted octanol–water partition coefficient (Wildman–Crippen LogP) is 4.12. The summed E-state index contributed by atoms with van der Waals surface area (Å²) in [6.07, 6.45) is 1.93. The first kappa shape index (κ1) is 19.9. The molecule has 5 nitrogen and oxygen atoms in total. The van der Waals surface area contributed by atoms with Gasteiger partial charge in [-0.05, 0) is 30.4 Å². The van der Waals surface area contributed by atoms with E-state index in [1.54, 1.807) is 30.6 Å². The Bertz CT molecular complexity index is 835. The van der Waals surface area contributed by atoms with Gasteiger partial charge in [0, 0.05) is 11.5 Å². The maximum Gasteiger partial charge on any atom is 0.175 e. The summed E-state index contributed by atoms with van der Waals surface area (Å²) in [7, 11) is 1.61. The largest absolute Gasteiger partial charge is 0.496 e. The summed E-state index contributed by atoms with van der Waals surface area (Å²) in [5, 5.41) is 20.6. The van der Waals surface area contributed by atoms with E-state index in [-0.39, 0.29) is 11.8 Å². The van der Waals surface area contributed by atoms with Crippen LogP contribution in [0.25, 0.3) is 0 Å². The molecule has 3 unspecified atom stereocenters. The fraction of sp³-hybridized carbons (Fsp3) is 0.550. The first-order chi connectivity index (χ1) is 13.0. The van der Waals surface area contributed by atoms with Gasteiger partial charge in [-0.3, -0.25) is 0 Å². The number of nitrogens with zero attached hydrogens (tertiary/aromatic N) is 3. The van der Waals surface area contributed by atoms with Crippen LogP contribution in [0.3, 0.4) is 0 Å². The number of amidine groups is 1. The van der Waals surface area contributed by atoms with Crippen molar-refractivity contribution in [2.45, 2.75) is 36.8 Å². The molecular weight excluding hydrogens is 376 g/mol. The Morgan fingerprint density at radius 2 is 1.78 bits per heavy atom. The first-order valence-corrected chi connectivity index (χ1v) is 11.1. The van der Waals surface area contributed by atoms with Crippen molar-refractivity contribution in [1.82, 2.24) is 0 Å². The lowest BCUT2D eigenvalue weighted by Crippen LogP contribution is -2.32. The summed E-state index contributed by atoms with van der Waals surface area (Å²) < 4.78 is 4.78. The maximum atomic E-state index is 10.4. The highest BCUT2D eigenvalue weighted by Gasteiger charge is 2.92. The molecule has 0 spiro atoms. The van der Waals surface area contributed by atoms with Crippen LogP contribution in [0.15, 0.2) is 29.3 Å². The summed E-state index contributed by atoms with van der Waals surface area (Å²) in [6, 6.07) is 12.5. The number of benzene rings is 1. The molecule has 1 aromatic carbocycles. The summed E-state index contributed by atoms with van der Waals surface area (Å²) >= 11 is 3.31. The number of nitriles is 2. The molecule has 142 valence electrons. The highest BCUT2D eigenvalue weighted by molar-refractivity contribution is 8.18. The molecule has 1 saturated carbocycles. The van der Waals surface area contributed by atoms with Crippen molar-refractivity contribution >= 4 is 29.4 Å². The summed E-state index contributed by atoms with van der Waals surface area (Å²) in [5.74, 6) is 2.34. The van der Waals surface area contributed by atoms with E-state index in [1.165, 1.54) is 0 Å². The van der Waals surface area contributed by atoms with Crippen LogP contribution >= 0.6 is 23.5 Å². The molecule has 0 aromatic heterocycles. The van der Waals surface area contributed by atoms with Crippen molar-refractivity contribution in [3.8, 4) is 17.9 Å². The van der Waals surface area contributed by atoms with E-state index in [4.69, 9.17) is 15.5 Å². The molecule has 27 heavy (non-hydrogen) atoms. The number of aliphatic imine (C=N–C) groups is 1. The van der Waals surface area contributed by atoms with Gasteiger partial charge in [-0.25, -0.2) is 4.99 Å². The third-order valence-corrected chi connectivity index (χ3v) is 8.92. The second-order valence-electron chi connectivity index (χ2n) is 6.79. The van der Waals surface area contributed by atoms with Gasteiger partial charge in [-0.1, -0.05) is 32.0 Å². The average molecular weight is 401 g/mol. The molecule has 1 aliphatic heterocycles. The third-order valence-electron chi connectivity index (χ3n) is 5.38. The van der Waals surface area contributed by atoms with Crippen molar-refractivity contribution in [1.29, 1.82) is 10.5 Å². The SMILES string of the molecule is CCCSC1(SCCC)N=C(N)C2(C#N)C(c3ccccc3OC)C12C#N. The first-order valence-electron chi connectivity index (χ1n) is 9.14. The minimum absolute atomic E-state index is 0.287. The van der Waals surface area contributed by atoms with Gasteiger partial charge in [-0.2, -0.15) is 10.5 Å². The molecule has 0 bridgehead atoms. The molecule has 2 aliphatic rings. The van der Waals surface area contributed by atoms with Crippen molar-refractivity contribution in [3.63, 3.8) is 0 Å². The number of nitrogens with two attached hydrogens (primary N) is 1. The van der Waals surface area contributed by atoms with Gasteiger partial charge in [0.25, 0.3) is 0 Å². The van der Waals surface area contributed by atoms with Gasteiger partial charge in [0.15, 0.2) is 4.20 Å². The zero-order chi connectivity index (χ0) is 19.7. The number of methoxy groups -OCH3 is 1. The molecule has 0 amide bonds. The van der Waals surface area contributed by atoms with Gasteiger partial charge < -0.3 is 10.5 Å². The van der Waals surface area contributed by atoms with Crippen LogP contribution in [-0.4, -0.2) is 28.7 Å². The lowest BCUT2D eigenvalue weighted by atomic mass is 9.97. The van der Waals surface area contributed by atoms with Crippen molar-refractivity contribution in [2.24, 2.45) is 21.6 Å². The second-order valence-corrected chi connectivity index (χ2v) is 9.62. The standard InChI is InChI=1S/C20H24N4OS2/c1-4-10-26-20(27-11-5-2)19(13-22)16(18(19,12-21)17(23)24-20)14-8-6-7-9-15(14)25-3/h6-9,16H,4-5,10-11H2,1-3H3,(H2,23,24). The predicted molar refractivity (Wildman–Crippen MR) is 112 cm³/mol. The van der Waals surface area contributed by atoms with Gasteiger partial charge in [0.1, 0.15) is 22.4 Å². The van der Waals surface area contributed by atoms with E-state index >= 15 is 0 Å². The van der Waals surface area contributed by atoms with Gasteiger partial charge >= 0.3 is 0 Å². The number of hydrogen-bond donors (Lipinski definition) is 1. The van der Waals surface area contributed by atoms with Crippen molar-refractivity contribution in [3.05, 3.63) is 29.8 Å². The summed E-state index contributed by atoms with van der Waals surface area (Å²) in [6.45, 7) is 4.21. The number of rotatable bonds is 8. The van der Waals surface area contributed by atoms with Crippen LogP contribution in [0.4, 0.5) is 0 Å². The fourth-order valence-corrected chi connectivity index (χ4v) is 7.44. The van der Waals surface area contributed by atoms with E-state index in [1.807, 2.05) is 24.3 Å². The Labute approximate surface area is 169 Å². The molecule has 0 saturated heterocycles. The van der Waals surface area contributed by atoms with Crippen LogP contribution in [-0.2, 0) is 0 Å². The number of fused-ring (bicyclic) bond motifs is 1. The fourth-order valence-electron chi connectivity index (χ4n) is 4.21. The van der Waals surface area contributed by atoms with E-state index < -0.39 is 15.0 Å². The molecule has 1 fully saturated rings. The molecule has 0 radical (unpaired) electrons. The quantitative estimate of drug-likeness (QED) is 0.659. The van der Waals surface area contributed by atoms with Crippen LogP contribution < -0.4 is 10.5 Å². The monoisotopic (exact) mass is 400 g/mol. The lowest BCUT2D eigenvalue weighted by molar-refractivity contribution is 0.407. The molecule has 1 aliphatic carbocycles. The number of hydrogen-bond acceptors (Lipinski definition) is 7. The van der Waals surface area contributed by atoms with E-state index in [2.05, 4.69) is 26.0 Å². The molecule has 3 rings (SSSR count). The van der Waals surface area contributed by atoms with Crippen LogP contribution in [0.5, 0.6) is 5.75 Å². The zero-order valence-corrected chi connectivity index (χ0v) is 17.5. The Morgan fingerprint density at radius 1 is 1.15 bits per heavy atom. The van der Waals surface area contributed by atoms with Crippen LogP contribution in [0.2, 0.25) is 0 Å². The van der Waals surface area contributed by atoms with E-state index in [9.17, 15) is 10.5 Å². The molecular formula is C20H24N4OS2. The highest BCUT2D eigenvalue weighted by atomic mass is 32.2. The van der Waals surface area contributed by atoms with E-state index in [0.29, 0.717) is 5.75 Å². The minimum Gasteiger partial charge on any atom is -0.496 e. The van der Waals surface area contributed by atoms with E-state index in [0.717, 1.165) is 29.9 Å². The Hall–Kier alpha value is -1.83.